The predicted molar refractivity (Wildman–Crippen MR) is 210 cm³/mol. The standard InChI is InChI=1S/C46H29NOS/c1-2-11-31(12-3-1)37-26-27-40-38-16-6-8-19-42(38)48-46(40)45(37)47(34-25-28-44-41(29-34)39-17-7-9-20-43(39)49-44)33-23-21-32(22-24-33)36-18-10-14-30-13-4-5-15-35(30)36/h1-29H. The minimum absolute atomic E-state index is 0.871. The molecule has 0 aliphatic heterocycles. The SMILES string of the molecule is c1ccc(-c2ccc3c(oc4ccccc43)c2N(c2ccc(-c3cccc4ccccc34)cc2)c2ccc3sc4ccccc4c3c2)cc1. The minimum Gasteiger partial charge on any atom is -0.454 e. The third kappa shape index (κ3) is 4.55. The highest BCUT2D eigenvalue weighted by molar-refractivity contribution is 7.25. The molecule has 2 heterocycles. The zero-order valence-corrected chi connectivity index (χ0v) is 27.3. The molecule has 0 atom stereocenters. The van der Waals surface area contributed by atoms with Crippen molar-refractivity contribution in [1.82, 2.24) is 0 Å². The Labute approximate surface area is 287 Å². The second-order valence-corrected chi connectivity index (χ2v) is 13.6. The van der Waals surface area contributed by atoms with Crippen LogP contribution in [-0.4, -0.2) is 0 Å². The Balaban J connectivity index is 1.26. The summed E-state index contributed by atoms with van der Waals surface area (Å²) in [5.74, 6) is 0. The molecule has 0 unspecified atom stereocenters. The van der Waals surface area contributed by atoms with Crippen LogP contribution in [0.3, 0.4) is 0 Å². The normalized spacial score (nSPS) is 11.7. The van der Waals surface area contributed by atoms with E-state index in [1.54, 1.807) is 0 Å². The summed E-state index contributed by atoms with van der Waals surface area (Å²) in [6.07, 6.45) is 0. The number of para-hydroxylation sites is 1. The van der Waals surface area contributed by atoms with Crippen molar-refractivity contribution < 1.29 is 4.42 Å². The van der Waals surface area contributed by atoms with E-state index in [2.05, 4.69) is 175 Å². The summed E-state index contributed by atoms with van der Waals surface area (Å²) in [4.78, 5) is 2.39. The van der Waals surface area contributed by atoms with Gasteiger partial charge in [0.1, 0.15) is 5.58 Å². The average Bonchev–Trinajstić information content (AvgIpc) is 3.74. The van der Waals surface area contributed by atoms with Crippen LogP contribution in [0.1, 0.15) is 0 Å². The summed E-state index contributed by atoms with van der Waals surface area (Å²) in [7, 11) is 0. The highest BCUT2D eigenvalue weighted by Gasteiger charge is 2.24. The Hall–Kier alpha value is -6.16. The van der Waals surface area contributed by atoms with Gasteiger partial charge >= 0.3 is 0 Å². The van der Waals surface area contributed by atoms with E-state index in [1.165, 1.54) is 42.1 Å². The molecule has 0 radical (unpaired) electrons. The number of hydrogen-bond donors (Lipinski definition) is 0. The largest absolute Gasteiger partial charge is 0.454 e. The molecule has 2 aromatic heterocycles. The van der Waals surface area contributed by atoms with Gasteiger partial charge in [-0.1, -0.05) is 127 Å². The molecule has 0 aliphatic carbocycles. The second kappa shape index (κ2) is 11.2. The van der Waals surface area contributed by atoms with Crippen molar-refractivity contribution >= 4 is 81.3 Å². The summed E-state index contributed by atoms with van der Waals surface area (Å²) in [5.41, 5.74) is 9.59. The fraction of sp³-hybridized carbons (Fsp3) is 0. The molecule has 0 saturated carbocycles. The maximum atomic E-state index is 6.81. The Morgan fingerprint density at radius 3 is 1.96 bits per heavy atom. The number of thiophene rings is 1. The number of hydrogen-bond acceptors (Lipinski definition) is 3. The van der Waals surface area contributed by atoms with Crippen LogP contribution < -0.4 is 4.90 Å². The maximum Gasteiger partial charge on any atom is 0.160 e. The van der Waals surface area contributed by atoms with Gasteiger partial charge in [0.05, 0.1) is 5.69 Å². The van der Waals surface area contributed by atoms with E-state index in [0.29, 0.717) is 0 Å². The molecular formula is C46H29NOS. The molecule has 0 aliphatic rings. The molecule has 0 fully saturated rings. The number of furan rings is 1. The number of anilines is 3. The van der Waals surface area contributed by atoms with Gasteiger partial charge in [0, 0.05) is 47.9 Å². The topological polar surface area (TPSA) is 16.4 Å². The quantitative estimate of drug-likeness (QED) is 0.186. The van der Waals surface area contributed by atoms with Crippen LogP contribution in [0.15, 0.2) is 180 Å². The van der Waals surface area contributed by atoms with Gasteiger partial charge in [0.25, 0.3) is 0 Å². The molecule has 0 spiro atoms. The smallest absolute Gasteiger partial charge is 0.160 e. The lowest BCUT2D eigenvalue weighted by Crippen LogP contribution is -2.11. The first-order chi connectivity index (χ1) is 24.3. The Bertz CT molecular complexity index is 2820. The van der Waals surface area contributed by atoms with Crippen LogP contribution in [0, 0.1) is 0 Å². The fourth-order valence-electron chi connectivity index (χ4n) is 7.37. The van der Waals surface area contributed by atoms with Crippen LogP contribution in [-0.2, 0) is 0 Å². The van der Waals surface area contributed by atoms with Crippen LogP contribution in [0.4, 0.5) is 17.1 Å². The summed E-state index contributed by atoms with van der Waals surface area (Å²) >= 11 is 1.84. The molecular weight excluding hydrogens is 615 g/mol. The van der Waals surface area contributed by atoms with Crippen molar-refractivity contribution in [3.8, 4) is 22.3 Å². The van der Waals surface area contributed by atoms with Gasteiger partial charge in [-0.05, 0) is 76.0 Å². The van der Waals surface area contributed by atoms with E-state index in [0.717, 1.165) is 50.1 Å². The van der Waals surface area contributed by atoms with Gasteiger partial charge in [-0.15, -0.1) is 11.3 Å². The Morgan fingerprint density at radius 2 is 1.08 bits per heavy atom. The molecule has 0 N–H and O–H groups in total. The number of nitrogens with zero attached hydrogens (tertiary/aromatic N) is 1. The van der Waals surface area contributed by atoms with Crippen molar-refractivity contribution in [3.05, 3.63) is 176 Å². The Kier molecular flexibility index (Phi) is 6.39. The molecule has 0 bridgehead atoms. The van der Waals surface area contributed by atoms with Crippen molar-refractivity contribution in [2.45, 2.75) is 0 Å². The van der Waals surface area contributed by atoms with Gasteiger partial charge in [0.15, 0.2) is 5.58 Å². The van der Waals surface area contributed by atoms with E-state index in [4.69, 9.17) is 4.42 Å². The lowest BCUT2D eigenvalue weighted by atomic mass is 9.97. The van der Waals surface area contributed by atoms with Crippen LogP contribution in [0.25, 0.3) is 75.1 Å². The first-order valence-corrected chi connectivity index (χ1v) is 17.4. The summed E-state index contributed by atoms with van der Waals surface area (Å²) < 4.78 is 9.39. The first-order valence-electron chi connectivity index (χ1n) is 16.6. The predicted octanol–water partition coefficient (Wildman–Crippen LogP) is 13.9. The summed E-state index contributed by atoms with van der Waals surface area (Å²) in [6.45, 7) is 0. The third-order valence-electron chi connectivity index (χ3n) is 9.67. The number of rotatable bonds is 5. The maximum absolute atomic E-state index is 6.81. The summed E-state index contributed by atoms with van der Waals surface area (Å²) in [5, 5.41) is 7.25. The van der Waals surface area contributed by atoms with Gasteiger partial charge in [-0.3, -0.25) is 0 Å². The summed E-state index contributed by atoms with van der Waals surface area (Å²) in [6, 6.07) is 63.2. The van der Waals surface area contributed by atoms with Crippen LogP contribution >= 0.6 is 11.3 Å². The van der Waals surface area contributed by atoms with Gasteiger partial charge < -0.3 is 9.32 Å². The fourth-order valence-corrected chi connectivity index (χ4v) is 8.46. The van der Waals surface area contributed by atoms with Gasteiger partial charge in [-0.2, -0.15) is 0 Å². The van der Waals surface area contributed by atoms with Crippen LogP contribution in [0.2, 0.25) is 0 Å². The van der Waals surface area contributed by atoms with E-state index in [9.17, 15) is 0 Å². The molecule has 3 heteroatoms. The zero-order valence-electron chi connectivity index (χ0n) is 26.5. The van der Waals surface area contributed by atoms with E-state index < -0.39 is 0 Å². The lowest BCUT2D eigenvalue weighted by Gasteiger charge is -2.28. The molecule has 49 heavy (non-hydrogen) atoms. The molecule has 8 aromatic carbocycles. The molecule has 0 amide bonds. The molecule has 230 valence electrons. The number of benzene rings is 8. The van der Waals surface area contributed by atoms with E-state index in [1.807, 2.05) is 17.4 Å². The van der Waals surface area contributed by atoms with Crippen LogP contribution in [0.5, 0.6) is 0 Å². The van der Waals surface area contributed by atoms with Crippen molar-refractivity contribution in [3.63, 3.8) is 0 Å². The molecule has 0 saturated heterocycles. The molecule has 2 nitrogen and oxygen atoms in total. The van der Waals surface area contributed by atoms with Crippen molar-refractivity contribution in [2.24, 2.45) is 0 Å². The zero-order chi connectivity index (χ0) is 32.3. The van der Waals surface area contributed by atoms with Gasteiger partial charge in [-0.25, -0.2) is 0 Å². The van der Waals surface area contributed by atoms with Crippen molar-refractivity contribution in [1.29, 1.82) is 0 Å². The third-order valence-corrected chi connectivity index (χ3v) is 10.8. The number of fused-ring (bicyclic) bond motifs is 7. The van der Waals surface area contributed by atoms with Gasteiger partial charge in [0.2, 0.25) is 0 Å². The first kappa shape index (κ1) is 27.9. The average molecular weight is 644 g/mol. The highest BCUT2D eigenvalue weighted by atomic mass is 32.1. The van der Waals surface area contributed by atoms with E-state index in [-0.39, 0.29) is 0 Å². The molecule has 10 aromatic rings. The molecule has 10 rings (SSSR count). The highest BCUT2D eigenvalue weighted by Crippen LogP contribution is 2.49. The Morgan fingerprint density at radius 1 is 0.408 bits per heavy atom. The lowest BCUT2D eigenvalue weighted by molar-refractivity contribution is 0.669. The van der Waals surface area contributed by atoms with Crippen molar-refractivity contribution in [2.75, 3.05) is 4.90 Å². The minimum atomic E-state index is 0.871. The monoisotopic (exact) mass is 643 g/mol. The second-order valence-electron chi connectivity index (χ2n) is 12.5. The van der Waals surface area contributed by atoms with E-state index >= 15 is 0 Å².